The van der Waals surface area contributed by atoms with Gasteiger partial charge in [-0.1, -0.05) is 122 Å². The molecule has 3 aromatic heterocycles. The molecule has 0 saturated heterocycles. The van der Waals surface area contributed by atoms with Crippen LogP contribution in [0.25, 0.3) is 53.8 Å². The topological polar surface area (TPSA) is 25.8 Å². The Kier molecular flexibility index (Phi) is 10.3. The van der Waals surface area contributed by atoms with E-state index in [-0.39, 0.29) is 20.1 Å². The number of hydrogen-bond donors (Lipinski definition) is 0. The SMILES string of the molecule is CC(C)c1ccnc(-c2[c-]cc(-c3ccccc3)c3c2sc2ccccc23)c1.C[Si](C)(C)c1ccc(-c2[c-]cccc2)nc1.[Ir]. The Bertz CT molecular complexity index is 2010. The van der Waals surface area contributed by atoms with E-state index in [1.165, 1.54) is 42.0 Å². The molecule has 0 spiro atoms. The van der Waals surface area contributed by atoms with Gasteiger partial charge in [0.25, 0.3) is 0 Å². The standard InChI is InChI=1S/C26H20NS.C14H16NSi.Ir/c1-17(2)19-14-15-27-23(16-19)21-13-12-20(18-8-4-3-5-9-18)25-22-10-6-7-11-24(22)28-26(21)25;1-16(2,3)13-9-10-14(15-11-13)12-7-5-4-6-8-12;/h3-12,14-17H,1-2H3;4-7,9-11H,1-3H3;/q2*-1;. The normalized spacial score (nSPS) is 11.2. The van der Waals surface area contributed by atoms with Gasteiger partial charge in [-0.3, -0.25) is 0 Å². The van der Waals surface area contributed by atoms with Gasteiger partial charge in [0.1, 0.15) is 0 Å². The van der Waals surface area contributed by atoms with E-state index < -0.39 is 8.07 Å². The molecule has 45 heavy (non-hydrogen) atoms. The second kappa shape index (κ2) is 14.1. The fourth-order valence-corrected chi connectivity index (χ4v) is 7.57. The maximum atomic E-state index is 4.69. The Labute approximate surface area is 285 Å². The van der Waals surface area contributed by atoms with Gasteiger partial charge < -0.3 is 9.97 Å². The van der Waals surface area contributed by atoms with Crippen LogP contribution in [0.2, 0.25) is 19.6 Å². The van der Waals surface area contributed by atoms with Crippen LogP contribution in [-0.2, 0) is 20.1 Å². The van der Waals surface area contributed by atoms with Crippen LogP contribution >= 0.6 is 11.3 Å². The molecule has 0 amide bonds. The zero-order valence-corrected chi connectivity index (χ0v) is 30.5. The molecule has 0 atom stereocenters. The maximum Gasteiger partial charge on any atom is 0.0795 e. The predicted octanol–water partition coefficient (Wildman–Crippen LogP) is 10.8. The largest absolute Gasteiger partial charge is 0.305 e. The molecule has 227 valence electrons. The summed E-state index contributed by atoms with van der Waals surface area (Å²) in [6.45, 7) is 11.4. The molecule has 0 fully saturated rings. The van der Waals surface area contributed by atoms with Crippen molar-refractivity contribution in [3.8, 4) is 33.6 Å². The van der Waals surface area contributed by atoms with E-state index in [4.69, 9.17) is 4.98 Å². The third-order valence-corrected chi connectivity index (χ3v) is 11.1. The molecule has 0 aliphatic rings. The summed E-state index contributed by atoms with van der Waals surface area (Å²) in [7, 11) is -1.23. The number of nitrogens with zero attached hydrogens (tertiary/aromatic N) is 2. The second-order valence-electron chi connectivity index (χ2n) is 12.3. The molecule has 0 N–H and O–H groups in total. The monoisotopic (exact) mass is 797 g/mol. The van der Waals surface area contributed by atoms with Crippen molar-refractivity contribution in [1.82, 2.24) is 9.97 Å². The number of rotatable bonds is 5. The van der Waals surface area contributed by atoms with E-state index in [9.17, 15) is 0 Å². The third-order valence-electron chi connectivity index (χ3n) is 7.86. The van der Waals surface area contributed by atoms with Crippen molar-refractivity contribution in [2.24, 2.45) is 0 Å². The van der Waals surface area contributed by atoms with Crippen molar-refractivity contribution in [3.63, 3.8) is 0 Å². The first-order valence-electron chi connectivity index (χ1n) is 15.1. The van der Waals surface area contributed by atoms with E-state index >= 15 is 0 Å². The minimum absolute atomic E-state index is 0. The van der Waals surface area contributed by atoms with Gasteiger partial charge in [-0.05, 0) is 44.7 Å². The minimum atomic E-state index is -1.23. The summed E-state index contributed by atoms with van der Waals surface area (Å²) < 4.78 is 2.56. The molecule has 7 aromatic rings. The fourth-order valence-electron chi connectivity index (χ4n) is 5.30. The number of benzene rings is 4. The average molecular weight is 797 g/mol. The zero-order chi connectivity index (χ0) is 30.7. The summed E-state index contributed by atoms with van der Waals surface area (Å²) in [5, 5.41) is 4.00. The van der Waals surface area contributed by atoms with Crippen LogP contribution in [0, 0.1) is 12.1 Å². The van der Waals surface area contributed by atoms with Gasteiger partial charge in [-0.2, -0.15) is 11.3 Å². The zero-order valence-electron chi connectivity index (χ0n) is 26.3. The van der Waals surface area contributed by atoms with E-state index in [2.05, 4.69) is 136 Å². The number of pyridine rings is 2. The van der Waals surface area contributed by atoms with Crippen LogP contribution in [0.1, 0.15) is 25.3 Å². The van der Waals surface area contributed by atoms with Crippen LogP contribution in [0.4, 0.5) is 0 Å². The van der Waals surface area contributed by atoms with Crippen molar-refractivity contribution < 1.29 is 20.1 Å². The summed E-state index contributed by atoms with van der Waals surface area (Å²) >= 11 is 1.83. The summed E-state index contributed by atoms with van der Waals surface area (Å²) in [5.74, 6) is 0.475. The molecular formula is C40H36IrN2SSi-2. The van der Waals surface area contributed by atoms with Crippen molar-refractivity contribution in [3.05, 3.63) is 139 Å². The summed E-state index contributed by atoms with van der Waals surface area (Å²) in [4.78, 5) is 9.21. The minimum Gasteiger partial charge on any atom is -0.305 e. The average Bonchev–Trinajstić information content (AvgIpc) is 3.45. The summed E-state index contributed by atoms with van der Waals surface area (Å²) in [5.41, 5.74) is 7.92. The van der Waals surface area contributed by atoms with Crippen LogP contribution in [0.3, 0.4) is 0 Å². The van der Waals surface area contributed by atoms with Crippen molar-refractivity contribution in [2.75, 3.05) is 0 Å². The van der Waals surface area contributed by atoms with Crippen LogP contribution in [-0.4, -0.2) is 18.0 Å². The molecule has 3 heterocycles. The Morgan fingerprint density at radius 1 is 0.756 bits per heavy atom. The van der Waals surface area contributed by atoms with E-state index in [1.54, 1.807) is 0 Å². The molecule has 0 unspecified atom stereocenters. The van der Waals surface area contributed by atoms with Gasteiger partial charge in [-0.15, -0.1) is 53.6 Å². The van der Waals surface area contributed by atoms with Crippen LogP contribution in [0.15, 0.2) is 122 Å². The number of fused-ring (bicyclic) bond motifs is 3. The van der Waals surface area contributed by atoms with E-state index in [0.717, 1.165) is 22.5 Å². The van der Waals surface area contributed by atoms with E-state index in [1.807, 2.05) is 48.0 Å². The predicted molar refractivity (Wildman–Crippen MR) is 192 cm³/mol. The van der Waals surface area contributed by atoms with E-state index in [0.29, 0.717) is 5.92 Å². The summed E-state index contributed by atoms with van der Waals surface area (Å²) in [6, 6.07) is 44.7. The first-order chi connectivity index (χ1) is 21.3. The van der Waals surface area contributed by atoms with Gasteiger partial charge in [-0.25, -0.2) is 0 Å². The Morgan fingerprint density at radius 2 is 1.51 bits per heavy atom. The van der Waals surface area contributed by atoms with Gasteiger partial charge in [0, 0.05) is 37.2 Å². The smallest absolute Gasteiger partial charge is 0.0795 e. The Balaban J connectivity index is 0.000000202. The molecule has 4 aromatic carbocycles. The van der Waals surface area contributed by atoms with Gasteiger partial charge in [0.15, 0.2) is 0 Å². The number of hydrogen-bond acceptors (Lipinski definition) is 3. The second-order valence-corrected chi connectivity index (χ2v) is 18.5. The van der Waals surface area contributed by atoms with Gasteiger partial charge in [0.05, 0.1) is 8.07 Å². The molecule has 2 nitrogen and oxygen atoms in total. The molecule has 1 radical (unpaired) electrons. The fraction of sp³-hybridized carbons (Fsp3) is 0.150. The van der Waals surface area contributed by atoms with Crippen LogP contribution in [0.5, 0.6) is 0 Å². The van der Waals surface area contributed by atoms with Crippen molar-refractivity contribution in [2.45, 2.75) is 39.4 Å². The van der Waals surface area contributed by atoms with Crippen molar-refractivity contribution >= 4 is 44.8 Å². The first-order valence-corrected chi connectivity index (χ1v) is 19.4. The molecule has 0 saturated carbocycles. The Morgan fingerprint density at radius 3 is 2.20 bits per heavy atom. The number of aromatic nitrogens is 2. The number of thiophene rings is 1. The van der Waals surface area contributed by atoms with Gasteiger partial charge >= 0.3 is 0 Å². The first kappa shape index (κ1) is 32.7. The molecule has 7 rings (SSSR count). The Hall–Kier alpha value is -3.73. The maximum absolute atomic E-state index is 4.69. The summed E-state index contributed by atoms with van der Waals surface area (Å²) in [6.07, 6.45) is 3.94. The molecule has 0 aliphatic carbocycles. The van der Waals surface area contributed by atoms with Gasteiger partial charge in [0.2, 0.25) is 0 Å². The van der Waals surface area contributed by atoms with Crippen molar-refractivity contribution in [1.29, 1.82) is 0 Å². The molecule has 5 heteroatoms. The molecule has 0 aliphatic heterocycles. The van der Waals surface area contributed by atoms with Crippen LogP contribution < -0.4 is 5.19 Å². The molecular weight excluding hydrogens is 761 g/mol. The third kappa shape index (κ3) is 7.24. The quantitative estimate of drug-likeness (QED) is 0.128. The molecule has 0 bridgehead atoms.